The molecular formula is C50H35NO. The van der Waals surface area contributed by atoms with E-state index < -0.39 is 148 Å². The van der Waals surface area contributed by atoms with Crippen LogP contribution in [-0.4, -0.2) is 0 Å². The van der Waals surface area contributed by atoms with Gasteiger partial charge in [-0.3, -0.25) is 0 Å². The maximum atomic E-state index is 9.54. The Morgan fingerprint density at radius 1 is 0.462 bits per heavy atom. The number of hydrogen-bond acceptors (Lipinski definition) is 2. The minimum absolute atomic E-state index is 0.00454. The van der Waals surface area contributed by atoms with Crippen LogP contribution >= 0.6 is 0 Å². The van der Waals surface area contributed by atoms with Crippen LogP contribution in [0.4, 0.5) is 17.1 Å². The zero-order valence-electron chi connectivity index (χ0n) is 45.4. The van der Waals surface area contributed by atoms with Gasteiger partial charge in [0.25, 0.3) is 0 Å². The second-order valence-electron chi connectivity index (χ2n) is 12.5. The molecule has 246 valence electrons. The Bertz CT molecular complexity index is 3510. The maximum absolute atomic E-state index is 9.54. The summed E-state index contributed by atoms with van der Waals surface area (Å²) in [5.41, 5.74) is 1.42. The first-order valence-corrected chi connectivity index (χ1v) is 16.5. The topological polar surface area (TPSA) is 16.4 Å². The number of rotatable bonds is 6. The van der Waals surface area contributed by atoms with Crippen LogP contribution in [0, 0.1) is 0 Å². The van der Waals surface area contributed by atoms with E-state index in [4.69, 9.17) is 18.1 Å². The summed E-state index contributed by atoms with van der Waals surface area (Å²) in [7, 11) is 0. The van der Waals surface area contributed by atoms with Gasteiger partial charge in [0.1, 0.15) is 11.2 Å². The first-order chi connectivity index (χ1) is 33.2. The van der Waals surface area contributed by atoms with Gasteiger partial charge < -0.3 is 9.32 Å². The quantitative estimate of drug-likeness (QED) is 0.173. The highest BCUT2D eigenvalue weighted by molar-refractivity contribution is 6.09. The first-order valence-electron chi connectivity index (χ1n) is 25.5. The van der Waals surface area contributed by atoms with Gasteiger partial charge in [0, 0.05) is 33.2 Å². The van der Waals surface area contributed by atoms with E-state index in [1.807, 2.05) is 36.4 Å². The third-order valence-corrected chi connectivity index (χ3v) is 9.67. The van der Waals surface area contributed by atoms with Gasteiger partial charge in [-0.1, -0.05) is 145 Å². The molecule has 1 heterocycles. The summed E-state index contributed by atoms with van der Waals surface area (Å²) in [6, 6.07) is 11.9. The molecule has 2 heteroatoms. The standard InChI is InChI=1S/C50H35NO/c1-50(44-19-10-8-17-41(44)42-18-9-11-20-45(42)50)46-21-12-22-48-49(46)43-33-40(31-32-47(43)52-48)51(38-27-23-36(24-28-38)34-13-4-2-5-14-34)39-29-25-37(26-30-39)35-15-6-3-7-16-35/h2-33H,1H3/i2D,3D,4D,5D,6D,7D,13D,14D,15D,16D,23D,24D,25D,26D,27D,28D,29D,30D. The molecule has 0 aliphatic heterocycles. The summed E-state index contributed by atoms with van der Waals surface area (Å²) in [4.78, 5) is 1.02. The molecule has 0 bridgehead atoms. The monoisotopic (exact) mass is 683 g/mol. The van der Waals surface area contributed by atoms with Crippen molar-refractivity contribution in [3.05, 3.63) is 210 Å². The van der Waals surface area contributed by atoms with Crippen LogP contribution in [-0.2, 0) is 5.41 Å². The first kappa shape index (κ1) is 17.0. The Balaban J connectivity index is 1.30. The second-order valence-corrected chi connectivity index (χ2v) is 12.5. The van der Waals surface area contributed by atoms with Gasteiger partial charge >= 0.3 is 0 Å². The number of nitrogens with zero attached hydrogens (tertiary/aromatic N) is 1. The molecule has 1 aromatic heterocycles. The highest BCUT2D eigenvalue weighted by Crippen LogP contribution is 2.54. The third kappa shape index (κ3) is 4.72. The van der Waals surface area contributed by atoms with E-state index in [0.717, 1.165) is 32.7 Å². The molecule has 0 spiro atoms. The molecule has 8 aromatic carbocycles. The molecule has 0 saturated carbocycles. The van der Waals surface area contributed by atoms with E-state index in [-0.39, 0.29) is 5.69 Å². The SMILES string of the molecule is [2H]c1c([2H])c([2H])c(-c2c([2H])c([2H])c(N(c3ccc4oc5cccc(C6(C)c7ccccc7-c7ccccc76)c5c4c3)c3c([2H])c([2H])c(-c4c([2H])c([2H])c([2H])c([2H])c4[2H])c([2H])c3[2H])c([2H])c2[2H])c([2H])c1[2H]. The number of anilines is 3. The highest BCUT2D eigenvalue weighted by Gasteiger charge is 2.42. The third-order valence-electron chi connectivity index (χ3n) is 9.67. The Morgan fingerprint density at radius 3 is 1.52 bits per heavy atom. The molecule has 10 rings (SSSR count). The molecular weight excluding hydrogens is 631 g/mol. The fourth-order valence-corrected chi connectivity index (χ4v) is 7.32. The molecule has 0 amide bonds. The highest BCUT2D eigenvalue weighted by atomic mass is 16.3. The fourth-order valence-electron chi connectivity index (χ4n) is 7.32. The van der Waals surface area contributed by atoms with Crippen molar-refractivity contribution in [2.24, 2.45) is 0 Å². The number of benzene rings is 8. The van der Waals surface area contributed by atoms with Crippen LogP contribution < -0.4 is 4.90 Å². The Labute approximate surface area is 329 Å². The van der Waals surface area contributed by atoms with Crippen molar-refractivity contribution < 1.29 is 29.1 Å². The zero-order chi connectivity index (χ0) is 50.3. The predicted octanol–water partition coefficient (Wildman–Crippen LogP) is 13.7. The predicted molar refractivity (Wildman–Crippen MR) is 217 cm³/mol. The second kappa shape index (κ2) is 12.0. The average Bonchev–Trinajstić information content (AvgIpc) is 3.87. The van der Waals surface area contributed by atoms with Crippen LogP contribution in [0.15, 0.2) is 198 Å². The van der Waals surface area contributed by atoms with Gasteiger partial charge in [-0.2, -0.15) is 0 Å². The molecule has 0 fully saturated rings. The summed E-state index contributed by atoms with van der Waals surface area (Å²) in [5, 5.41) is 1.13. The maximum Gasteiger partial charge on any atom is 0.135 e. The lowest BCUT2D eigenvalue weighted by Gasteiger charge is -2.29. The lowest BCUT2D eigenvalue weighted by Crippen LogP contribution is -2.22. The number of hydrogen-bond donors (Lipinski definition) is 0. The van der Waals surface area contributed by atoms with E-state index in [0.29, 0.717) is 21.9 Å². The van der Waals surface area contributed by atoms with Crippen molar-refractivity contribution >= 4 is 39.0 Å². The van der Waals surface area contributed by atoms with E-state index >= 15 is 0 Å². The van der Waals surface area contributed by atoms with Crippen molar-refractivity contribution in [3.63, 3.8) is 0 Å². The normalized spacial score (nSPS) is 17.7. The zero-order valence-corrected chi connectivity index (χ0v) is 27.4. The van der Waals surface area contributed by atoms with Gasteiger partial charge in [0.2, 0.25) is 0 Å². The van der Waals surface area contributed by atoms with E-state index in [1.165, 1.54) is 6.07 Å². The summed E-state index contributed by atoms with van der Waals surface area (Å²) in [6.45, 7) is 2.12. The molecule has 2 nitrogen and oxygen atoms in total. The van der Waals surface area contributed by atoms with Crippen LogP contribution in [0.2, 0.25) is 0 Å². The molecule has 1 aliphatic rings. The molecule has 9 aromatic rings. The van der Waals surface area contributed by atoms with Crippen molar-refractivity contribution in [2.45, 2.75) is 12.3 Å². The Hall–Kier alpha value is -6.64. The fraction of sp³-hybridized carbons (Fsp3) is 0.0400. The van der Waals surface area contributed by atoms with Gasteiger partial charge in [0.15, 0.2) is 0 Å². The van der Waals surface area contributed by atoms with E-state index in [9.17, 15) is 11.0 Å². The van der Waals surface area contributed by atoms with Gasteiger partial charge in [-0.25, -0.2) is 0 Å². The smallest absolute Gasteiger partial charge is 0.135 e. The molecule has 0 N–H and O–H groups in total. The summed E-state index contributed by atoms with van der Waals surface area (Å²) in [5.74, 6) is 0. The van der Waals surface area contributed by atoms with Crippen LogP contribution in [0.3, 0.4) is 0 Å². The van der Waals surface area contributed by atoms with Crippen molar-refractivity contribution in [1.82, 2.24) is 0 Å². The molecule has 0 radical (unpaired) electrons. The summed E-state index contributed by atoms with van der Waals surface area (Å²) in [6.07, 6.45) is 0. The van der Waals surface area contributed by atoms with Crippen molar-refractivity contribution in [3.8, 4) is 33.4 Å². The van der Waals surface area contributed by atoms with Gasteiger partial charge in [-0.05, 0) is 105 Å². The van der Waals surface area contributed by atoms with E-state index in [2.05, 4.69) is 31.2 Å². The minimum Gasteiger partial charge on any atom is -0.456 e. The van der Waals surface area contributed by atoms with Gasteiger partial charge in [-0.15, -0.1) is 0 Å². The number of fused-ring (bicyclic) bond motifs is 6. The molecule has 0 unspecified atom stereocenters. The molecule has 0 atom stereocenters. The molecule has 1 aliphatic carbocycles. The lowest BCUT2D eigenvalue weighted by molar-refractivity contribution is 0.666. The van der Waals surface area contributed by atoms with E-state index in [1.54, 1.807) is 18.2 Å². The Kier molecular flexibility index (Phi) is 3.93. The largest absolute Gasteiger partial charge is 0.456 e. The molecule has 52 heavy (non-hydrogen) atoms. The minimum atomic E-state index is -0.853. The summed E-state index contributed by atoms with van der Waals surface area (Å²) < 4.78 is 166. The average molecular weight is 684 g/mol. The van der Waals surface area contributed by atoms with Crippen molar-refractivity contribution in [2.75, 3.05) is 4.90 Å². The van der Waals surface area contributed by atoms with Gasteiger partial charge in [0.05, 0.1) is 24.7 Å². The van der Waals surface area contributed by atoms with Crippen LogP contribution in [0.25, 0.3) is 55.3 Å². The molecule has 0 saturated heterocycles. The van der Waals surface area contributed by atoms with Crippen LogP contribution in [0.1, 0.15) is 48.3 Å². The van der Waals surface area contributed by atoms with Crippen molar-refractivity contribution in [1.29, 1.82) is 0 Å². The lowest BCUT2D eigenvalue weighted by atomic mass is 9.73. The van der Waals surface area contributed by atoms with Crippen LogP contribution in [0.5, 0.6) is 0 Å². The number of furan rings is 1. The Morgan fingerprint density at radius 2 is 0.962 bits per heavy atom. The summed E-state index contributed by atoms with van der Waals surface area (Å²) >= 11 is 0.